The van der Waals surface area contributed by atoms with Crippen LogP contribution in [0.25, 0.3) is 16.9 Å². The highest BCUT2D eigenvalue weighted by molar-refractivity contribution is 6.06. The normalized spacial score (nSPS) is 15.0. The molecule has 4 aromatic rings. The zero-order chi connectivity index (χ0) is 29.3. The van der Waals surface area contributed by atoms with Crippen molar-refractivity contribution in [1.29, 1.82) is 5.26 Å². The Hall–Kier alpha value is -5.96. The lowest BCUT2D eigenvalue weighted by Gasteiger charge is -2.36. The van der Waals surface area contributed by atoms with Gasteiger partial charge in [-0.15, -0.1) is 0 Å². The topological polar surface area (TPSA) is 173 Å². The van der Waals surface area contributed by atoms with Crippen LogP contribution in [0.15, 0.2) is 95.6 Å². The highest BCUT2D eigenvalue weighted by Crippen LogP contribution is 2.43. The van der Waals surface area contributed by atoms with Gasteiger partial charge in [-0.3, -0.25) is 4.90 Å². The van der Waals surface area contributed by atoms with Crippen LogP contribution in [0.3, 0.4) is 0 Å². The quantitative estimate of drug-likeness (QED) is 0.338. The molecule has 0 fully saturated rings. The minimum absolute atomic E-state index is 0.0270. The Bertz CT molecular complexity index is 1820. The highest BCUT2D eigenvalue weighted by atomic mass is 16.5. The summed E-state index contributed by atoms with van der Waals surface area (Å²) in [4.78, 5) is 43.6. The molecule has 1 aliphatic rings. The number of esters is 2. The van der Waals surface area contributed by atoms with E-state index in [2.05, 4.69) is 16.2 Å². The van der Waals surface area contributed by atoms with Crippen molar-refractivity contribution in [2.75, 3.05) is 19.1 Å². The van der Waals surface area contributed by atoms with Crippen LogP contribution in [-0.2, 0) is 19.1 Å². The van der Waals surface area contributed by atoms with Gasteiger partial charge in [0.25, 0.3) is 0 Å². The first-order valence-electron chi connectivity index (χ1n) is 12.1. The molecule has 0 bridgehead atoms. The predicted molar refractivity (Wildman–Crippen MR) is 145 cm³/mol. The fraction of sp³-hybridized carbons (Fsp3) is 0.103. The predicted octanol–water partition coefficient (Wildman–Crippen LogP) is 2.99. The average molecular weight is 551 g/mol. The van der Waals surface area contributed by atoms with E-state index in [-0.39, 0.29) is 28.4 Å². The van der Waals surface area contributed by atoms with Gasteiger partial charge < -0.3 is 20.3 Å². The summed E-state index contributed by atoms with van der Waals surface area (Å²) in [5.41, 5.74) is 8.32. The van der Waals surface area contributed by atoms with Crippen molar-refractivity contribution in [3.8, 4) is 17.3 Å². The molecule has 41 heavy (non-hydrogen) atoms. The molecule has 12 heteroatoms. The third-order valence-electron chi connectivity index (χ3n) is 6.59. The molecule has 0 saturated heterocycles. The minimum atomic E-state index is -1.21. The van der Waals surface area contributed by atoms with Gasteiger partial charge in [0.05, 0.1) is 43.0 Å². The molecule has 1 aliphatic heterocycles. The van der Waals surface area contributed by atoms with Gasteiger partial charge in [0.15, 0.2) is 11.3 Å². The highest BCUT2D eigenvalue weighted by Gasteiger charge is 2.43. The molecule has 5 rings (SSSR count). The number of carbonyl (C=O) groups excluding carboxylic acids is 2. The zero-order valence-electron chi connectivity index (χ0n) is 21.8. The summed E-state index contributed by atoms with van der Waals surface area (Å²) < 4.78 is 11.5. The molecule has 1 atom stereocenters. The van der Waals surface area contributed by atoms with Crippen molar-refractivity contribution >= 4 is 29.2 Å². The monoisotopic (exact) mass is 550 g/mol. The molecule has 3 heterocycles. The number of nitrogens with zero attached hydrogens (tertiary/aromatic N) is 5. The zero-order valence-corrected chi connectivity index (χ0v) is 21.8. The lowest BCUT2D eigenvalue weighted by atomic mass is 9.81. The number of fused-ring (bicyclic) bond motifs is 1. The Kier molecular flexibility index (Phi) is 6.93. The number of carbonyl (C=O) groups is 3. The first-order valence-corrected chi connectivity index (χ1v) is 12.1. The van der Waals surface area contributed by atoms with E-state index in [1.807, 2.05) is 0 Å². The summed E-state index contributed by atoms with van der Waals surface area (Å²) in [6, 6.07) is 20.5. The Morgan fingerprint density at radius 2 is 1.73 bits per heavy atom. The van der Waals surface area contributed by atoms with Gasteiger partial charge in [0.2, 0.25) is 0 Å². The second-order valence-electron chi connectivity index (χ2n) is 8.82. The molecule has 0 spiro atoms. The Labute approximate surface area is 233 Å². The fourth-order valence-corrected chi connectivity index (χ4v) is 4.80. The number of carboxylic acids is 1. The first kappa shape index (κ1) is 26.6. The second-order valence-corrected chi connectivity index (χ2v) is 8.82. The second kappa shape index (κ2) is 10.7. The molecular weight excluding hydrogens is 528 g/mol. The van der Waals surface area contributed by atoms with Crippen LogP contribution in [0.5, 0.6) is 0 Å². The van der Waals surface area contributed by atoms with Crippen molar-refractivity contribution in [2.24, 2.45) is 5.73 Å². The number of allylic oxidation sites excluding steroid dienone is 1. The van der Waals surface area contributed by atoms with Crippen molar-refractivity contribution in [2.45, 2.75) is 5.92 Å². The number of rotatable bonds is 6. The Balaban J connectivity index is 1.76. The first-order chi connectivity index (χ1) is 19.8. The maximum atomic E-state index is 13.3. The largest absolute Gasteiger partial charge is 0.476 e. The average Bonchev–Trinajstić information content (AvgIpc) is 3.45. The number of aromatic nitrogens is 3. The van der Waals surface area contributed by atoms with Gasteiger partial charge in [-0.05, 0) is 23.8 Å². The van der Waals surface area contributed by atoms with Crippen molar-refractivity contribution in [1.82, 2.24) is 14.6 Å². The molecule has 0 radical (unpaired) electrons. The third kappa shape index (κ3) is 4.51. The number of methoxy groups -OCH3 is 2. The summed E-state index contributed by atoms with van der Waals surface area (Å²) >= 11 is 0. The standard InChI is InChI=1S/C29H22N6O6/c1-40-28(38)24-23(16-7-4-3-5-8-16)19(15-30)26(31)34(25(24)29(39)41-2)18-10-6-9-17(13-18)21-11-12-32-22-14-20(27(36)37)33-35(21)22/h3-14,23H,31H2,1-2H3,(H,36,37). The van der Waals surface area contributed by atoms with Gasteiger partial charge in [-0.1, -0.05) is 42.5 Å². The molecule has 204 valence electrons. The number of aromatic carboxylic acids is 1. The summed E-state index contributed by atoms with van der Waals surface area (Å²) in [7, 11) is 2.34. The minimum Gasteiger partial charge on any atom is -0.476 e. The summed E-state index contributed by atoms with van der Waals surface area (Å²) in [5.74, 6) is -4.00. The van der Waals surface area contributed by atoms with Crippen LogP contribution in [0.1, 0.15) is 22.0 Å². The van der Waals surface area contributed by atoms with Crippen LogP contribution in [0, 0.1) is 11.3 Å². The van der Waals surface area contributed by atoms with Crippen LogP contribution in [0.4, 0.5) is 5.69 Å². The number of hydrogen-bond acceptors (Lipinski definition) is 10. The third-order valence-corrected chi connectivity index (χ3v) is 6.59. The van der Waals surface area contributed by atoms with E-state index in [9.17, 15) is 24.8 Å². The maximum absolute atomic E-state index is 13.3. The molecule has 2 aromatic heterocycles. The molecule has 3 N–H and O–H groups in total. The van der Waals surface area contributed by atoms with Crippen LogP contribution >= 0.6 is 0 Å². The van der Waals surface area contributed by atoms with E-state index >= 15 is 0 Å². The van der Waals surface area contributed by atoms with Crippen LogP contribution in [0.2, 0.25) is 0 Å². The van der Waals surface area contributed by atoms with Gasteiger partial charge in [0, 0.05) is 23.5 Å². The van der Waals surface area contributed by atoms with Crippen molar-refractivity contribution in [3.63, 3.8) is 0 Å². The SMILES string of the molecule is COC(=O)C1=C(C(=O)OC)N(c2cccc(-c3ccnc4cc(C(=O)O)nn34)c2)C(N)=C(C#N)C1c1ccccc1. The van der Waals surface area contributed by atoms with Crippen molar-refractivity contribution < 1.29 is 29.0 Å². The molecule has 0 saturated carbocycles. The summed E-state index contributed by atoms with van der Waals surface area (Å²) in [6.45, 7) is 0. The number of anilines is 1. The lowest BCUT2D eigenvalue weighted by molar-refractivity contribution is -0.139. The number of ether oxygens (including phenoxy) is 2. The molecule has 0 amide bonds. The van der Waals surface area contributed by atoms with Gasteiger partial charge in [0.1, 0.15) is 11.5 Å². The Morgan fingerprint density at radius 3 is 2.39 bits per heavy atom. The molecule has 0 aliphatic carbocycles. The van der Waals surface area contributed by atoms with E-state index in [0.717, 1.165) is 0 Å². The lowest BCUT2D eigenvalue weighted by Crippen LogP contribution is -2.40. The van der Waals surface area contributed by atoms with E-state index in [1.54, 1.807) is 60.7 Å². The van der Waals surface area contributed by atoms with Gasteiger partial charge in [-0.2, -0.15) is 10.4 Å². The van der Waals surface area contributed by atoms with E-state index in [1.165, 1.54) is 35.9 Å². The van der Waals surface area contributed by atoms with Gasteiger partial charge >= 0.3 is 17.9 Å². The van der Waals surface area contributed by atoms with E-state index in [4.69, 9.17) is 15.2 Å². The van der Waals surface area contributed by atoms with Crippen LogP contribution < -0.4 is 10.6 Å². The molecule has 2 aromatic carbocycles. The number of nitriles is 1. The van der Waals surface area contributed by atoms with E-state index in [0.29, 0.717) is 28.2 Å². The maximum Gasteiger partial charge on any atom is 0.356 e. The van der Waals surface area contributed by atoms with Crippen LogP contribution in [-0.4, -0.2) is 51.8 Å². The number of benzene rings is 2. The molecule has 12 nitrogen and oxygen atoms in total. The summed E-state index contributed by atoms with van der Waals surface area (Å²) in [5, 5.41) is 23.8. The number of nitrogens with two attached hydrogens (primary N) is 1. The molecular formula is C29H22N6O6. The summed E-state index contributed by atoms with van der Waals surface area (Å²) in [6.07, 6.45) is 1.51. The van der Waals surface area contributed by atoms with Crippen molar-refractivity contribution in [3.05, 3.63) is 107 Å². The number of carboxylic acid groups (broad SMARTS) is 1. The van der Waals surface area contributed by atoms with E-state index < -0.39 is 23.8 Å². The number of hydrogen-bond donors (Lipinski definition) is 2. The smallest absolute Gasteiger partial charge is 0.356 e. The molecule has 1 unspecified atom stereocenters. The Morgan fingerprint density at radius 1 is 1.00 bits per heavy atom. The fourth-order valence-electron chi connectivity index (χ4n) is 4.80. The van der Waals surface area contributed by atoms with Gasteiger partial charge in [-0.25, -0.2) is 23.9 Å².